The van der Waals surface area contributed by atoms with E-state index in [1.165, 1.54) is 35.2 Å². The Kier molecular flexibility index (Phi) is 7.23. The van der Waals surface area contributed by atoms with E-state index in [0.29, 0.717) is 13.0 Å². The standard InChI is InChI=1S/C28H33N3O/c1-30(2)26-16-14-25(15-17-26)27(31-18-6-7-19-31)21-29-28(32)20-22-10-12-24(13-11-22)23-8-4-3-5-9-23/h3-5,8-17,27H,6-7,18-21H2,1-2H3,(H,29,32)/t27-/m1/s1. The Balaban J connectivity index is 1.37. The van der Waals surface area contributed by atoms with E-state index in [9.17, 15) is 4.79 Å². The van der Waals surface area contributed by atoms with E-state index in [4.69, 9.17) is 0 Å². The number of carbonyl (C=O) groups is 1. The van der Waals surface area contributed by atoms with Gasteiger partial charge < -0.3 is 10.2 Å². The fourth-order valence-electron chi connectivity index (χ4n) is 4.41. The Morgan fingerprint density at radius 3 is 2.12 bits per heavy atom. The fraction of sp³-hybridized carbons (Fsp3) is 0.321. The second kappa shape index (κ2) is 10.5. The lowest BCUT2D eigenvalue weighted by Gasteiger charge is -2.28. The Morgan fingerprint density at radius 2 is 1.50 bits per heavy atom. The predicted octanol–water partition coefficient (Wildman–Crippen LogP) is 4.92. The first kappa shape index (κ1) is 22.1. The Hall–Kier alpha value is -3.11. The molecule has 0 spiro atoms. The van der Waals surface area contributed by atoms with Gasteiger partial charge in [-0.25, -0.2) is 0 Å². The van der Waals surface area contributed by atoms with Crippen LogP contribution in [-0.4, -0.2) is 44.5 Å². The monoisotopic (exact) mass is 427 g/mol. The lowest BCUT2D eigenvalue weighted by Crippen LogP contribution is -2.37. The average molecular weight is 428 g/mol. The first-order valence-corrected chi connectivity index (χ1v) is 11.5. The van der Waals surface area contributed by atoms with Crippen LogP contribution in [-0.2, 0) is 11.2 Å². The highest BCUT2D eigenvalue weighted by Crippen LogP contribution is 2.26. The van der Waals surface area contributed by atoms with Crippen molar-refractivity contribution in [3.63, 3.8) is 0 Å². The minimum absolute atomic E-state index is 0.0755. The van der Waals surface area contributed by atoms with Crippen molar-refractivity contribution < 1.29 is 4.79 Å². The predicted molar refractivity (Wildman–Crippen MR) is 133 cm³/mol. The highest BCUT2D eigenvalue weighted by Gasteiger charge is 2.24. The van der Waals surface area contributed by atoms with Crippen LogP contribution in [0.25, 0.3) is 11.1 Å². The lowest BCUT2D eigenvalue weighted by molar-refractivity contribution is -0.120. The van der Waals surface area contributed by atoms with Gasteiger partial charge in [0.2, 0.25) is 5.91 Å². The van der Waals surface area contributed by atoms with E-state index in [0.717, 1.165) is 18.7 Å². The molecule has 4 nitrogen and oxygen atoms in total. The molecule has 1 aliphatic heterocycles. The van der Waals surface area contributed by atoms with Crippen molar-refractivity contribution in [3.05, 3.63) is 90.0 Å². The third kappa shape index (κ3) is 5.57. The summed E-state index contributed by atoms with van der Waals surface area (Å²) in [4.78, 5) is 17.3. The average Bonchev–Trinajstić information content (AvgIpc) is 3.35. The normalized spacial score (nSPS) is 14.8. The Bertz CT molecular complexity index is 991. The van der Waals surface area contributed by atoms with Crippen LogP contribution in [0.4, 0.5) is 5.69 Å². The number of rotatable bonds is 8. The van der Waals surface area contributed by atoms with Crippen LogP contribution >= 0.6 is 0 Å². The number of amides is 1. The second-order valence-electron chi connectivity index (χ2n) is 8.79. The van der Waals surface area contributed by atoms with E-state index in [-0.39, 0.29) is 11.9 Å². The van der Waals surface area contributed by atoms with Gasteiger partial charge in [-0.1, -0.05) is 66.7 Å². The van der Waals surface area contributed by atoms with Crippen LogP contribution in [0.3, 0.4) is 0 Å². The Labute approximate surface area is 191 Å². The molecule has 0 unspecified atom stereocenters. The molecule has 4 rings (SSSR count). The summed E-state index contributed by atoms with van der Waals surface area (Å²) < 4.78 is 0. The molecule has 1 heterocycles. The van der Waals surface area contributed by atoms with E-state index < -0.39 is 0 Å². The molecule has 0 aromatic heterocycles. The number of benzene rings is 3. The zero-order valence-corrected chi connectivity index (χ0v) is 19.1. The number of hydrogen-bond donors (Lipinski definition) is 1. The van der Waals surface area contributed by atoms with Crippen molar-refractivity contribution in [1.82, 2.24) is 10.2 Å². The fourth-order valence-corrected chi connectivity index (χ4v) is 4.41. The summed E-state index contributed by atoms with van der Waals surface area (Å²) in [5.74, 6) is 0.0755. The van der Waals surface area contributed by atoms with Gasteiger partial charge in [0.1, 0.15) is 0 Å². The van der Waals surface area contributed by atoms with E-state index in [2.05, 4.69) is 89.9 Å². The van der Waals surface area contributed by atoms with Crippen LogP contribution < -0.4 is 10.2 Å². The Morgan fingerprint density at radius 1 is 0.875 bits per heavy atom. The highest BCUT2D eigenvalue weighted by molar-refractivity contribution is 5.79. The van der Waals surface area contributed by atoms with Crippen molar-refractivity contribution in [3.8, 4) is 11.1 Å². The molecule has 0 aliphatic carbocycles. The minimum atomic E-state index is 0.0755. The summed E-state index contributed by atoms with van der Waals surface area (Å²) in [6.07, 6.45) is 2.86. The van der Waals surface area contributed by atoms with Gasteiger partial charge in [-0.3, -0.25) is 9.69 Å². The SMILES string of the molecule is CN(C)c1ccc([C@@H](CNC(=O)Cc2ccc(-c3ccccc3)cc2)N2CCCC2)cc1. The van der Waals surface area contributed by atoms with E-state index in [1.807, 2.05) is 18.2 Å². The summed E-state index contributed by atoms with van der Waals surface area (Å²) in [5.41, 5.74) is 5.86. The molecule has 1 atom stereocenters. The molecule has 1 amide bonds. The van der Waals surface area contributed by atoms with Crippen LogP contribution in [0, 0.1) is 0 Å². The van der Waals surface area contributed by atoms with Crippen molar-refractivity contribution in [1.29, 1.82) is 0 Å². The molecule has 0 bridgehead atoms. The molecule has 166 valence electrons. The van der Waals surface area contributed by atoms with Crippen molar-refractivity contribution in [2.75, 3.05) is 38.6 Å². The summed E-state index contributed by atoms with van der Waals surface area (Å²) in [5, 5.41) is 3.20. The third-order valence-corrected chi connectivity index (χ3v) is 6.29. The quantitative estimate of drug-likeness (QED) is 0.555. The number of nitrogens with one attached hydrogen (secondary N) is 1. The van der Waals surface area contributed by atoms with Crippen LogP contribution in [0.15, 0.2) is 78.9 Å². The summed E-state index contributed by atoms with van der Waals surface area (Å²) in [6, 6.07) is 27.6. The molecule has 1 N–H and O–H groups in total. The number of nitrogens with zero attached hydrogens (tertiary/aromatic N) is 2. The minimum Gasteiger partial charge on any atom is -0.378 e. The van der Waals surface area contributed by atoms with E-state index in [1.54, 1.807) is 0 Å². The van der Waals surface area contributed by atoms with Gasteiger partial charge in [0.05, 0.1) is 12.5 Å². The smallest absolute Gasteiger partial charge is 0.224 e. The number of likely N-dealkylation sites (tertiary alicyclic amines) is 1. The highest BCUT2D eigenvalue weighted by atomic mass is 16.1. The summed E-state index contributed by atoms with van der Waals surface area (Å²) >= 11 is 0. The molecule has 0 radical (unpaired) electrons. The lowest BCUT2D eigenvalue weighted by atomic mass is 10.0. The number of anilines is 1. The maximum Gasteiger partial charge on any atom is 0.224 e. The molecule has 1 aliphatic rings. The molecule has 3 aromatic rings. The maximum absolute atomic E-state index is 12.7. The summed E-state index contributed by atoms with van der Waals surface area (Å²) in [7, 11) is 4.11. The second-order valence-corrected chi connectivity index (χ2v) is 8.79. The molecular weight excluding hydrogens is 394 g/mol. The molecule has 3 aromatic carbocycles. The van der Waals surface area contributed by atoms with Crippen molar-refractivity contribution >= 4 is 11.6 Å². The number of carbonyl (C=O) groups excluding carboxylic acids is 1. The number of hydrogen-bond acceptors (Lipinski definition) is 3. The molecule has 32 heavy (non-hydrogen) atoms. The summed E-state index contributed by atoms with van der Waals surface area (Å²) in [6.45, 7) is 2.83. The maximum atomic E-state index is 12.7. The molecule has 0 saturated carbocycles. The van der Waals surface area contributed by atoms with Gasteiger partial charge in [-0.15, -0.1) is 0 Å². The largest absolute Gasteiger partial charge is 0.378 e. The topological polar surface area (TPSA) is 35.6 Å². The van der Waals surface area contributed by atoms with Crippen LogP contribution in [0.2, 0.25) is 0 Å². The zero-order valence-electron chi connectivity index (χ0n) is 19.1. The molecular formula is C28H33N3O. The van der Waals surface area contributed by atoms with Gasteiger partial charge in [-0.2, -0.15) is 0 Å². The van der Waals surface area contributed by atoms with Gasteiger partial charge in [0.25, 0.3) is 0 Å². The van der Waals surface area contributed by atoms with Gasteiger partial charge >= 0.3 is 0 Å². The van der Waals surface area contributed by atoms with Crippen LogP contribution in [0.5, 0.6) is 0 Å². The molecule has 4 heteroatoms. The third-order valence-electron chi connectivity index (χ3n) is 6.29. The van der Waals surface area contributed by atoms with Crippen LogP contribution in [0.1, 0.15) is 30.0 Å². The van der Waals surface area contributed by atoms with Gasteiger partial charge in [0.15, 0.2) is 0 Å². The van der Waals surface area contributed by atoms with Crippen molar-refractivity contribution in [2.45, 2.75) is 25.3 Å². The molecule has 1 fully saturated rings. The first-order chi connectivity index (χ1) is 15.6. The van der Waals surface area contributed by atoms with Crippen molar-refractivity contribution in [2.24, 2.45) is 0 Å². The van der Waals surface area contributed by atoms with Gasteiger partial charge in [0, 0.05) is 26.3 Å². The zero-order chi connectivity index (χ0) is 22.3. The van der Waals surface area contributed by atoms with Gasteiger partial charge in [-0.05, 0) is 60.3 Å². The van der Waals surface area contributed by atoms with E-state index >= 15 is 0 Å². The molecule has 1 saturated heterocycles. The first-order valence-electron chi connectivity index (χ1n) is 11.5.